The topological polar surface area (TPSA) is 66.8 Å². The minimum Gasteiger partial charge on any atom is -0.508 e. The van der Waals surface area contributed by atoms with E-state index in [4.69, 9.17) is 10.9 Å². The van der Waals surface area contributed by atoms with Crippen LogP contribution in [0.3, 0.4) is 0 Å². The third kappa shape index (κ3) is 2.40. The molecule has 2 aromatic carbocycles. The fraction of sp³-hybridized carbons (Fsp3) is 0.0526. The van der Waals surface area contributed by atoms with Crippen molar-refractivity contribution in [3.8, 4) is 29.6 Å². The van der Waals surface area contributed by atoms with Gasteiger partial charge in [-0.1, -0.05) is 30.2 Å². The highest BCUT2D eigenvalue weighted by atomic mass is 31.2. The van der Waals surface area contributed by atoms with Crippen molar-refractivity contribution < 1.29 is 19.3 Å². The molecule has 0 aliphatic carbocycles. The van der Waals surface area contributed by atoms with Crippen molar-refractivity contribution in [2.75, 3.05) is 0 Å². The van der Waals surface area contributed by atoms with Crippen molar-refractivity contribution in [2.45, 2.75) is 6.92 Å². The standard InChI is InChI=1S/C19H15O4P/c1-3-7-18-14(4-2)15-8-5-6-9-17(15)23-24(18,22)19-12-13(20)10-11-16(19)21/h1,4-12,20-21H,2H3/b14-4-,18-7+. The van der Waals surface area contributed by atoms with Gasteiger partial charge in [0.05, 0.1) is 10.6 Å². The molecule has 120 valence electrons. The predicted octanol–water partition coefficient (Wildman–Crippen LogP) is 4.01. The van der Waals surface area contributed by atoms with Crippen LogP contribution in [0.2, 0.25) is 0 Å². The highest BCUT2D eigenvalue weighted by Crippen LogP contribution is 2.64. The molecular formula is C19H15O4P. The number of hydrogen-bond donors (Lipinski definition) is 2. The molecule has 1 aliphatic rings. The summed E-state index contributed by atoms with van der Waals surface area (Å²) >= 11 is 0. The third-order valence-corrected chi connectivity index (χ3v) is 6.23. The Morgan fingerprint density at radius 3 is 2.67 bits per heavy atom. The molecule has 0 bridgehead atoms. The molecule has 0 radical (unpaired) electrons. The minimum atomic E-state index is -3.72. The molecule has 3 rings (SSSR count). The molecule has 4 nitrogen and oxygen atoms in total. The van der Waals surface area contributed by atoms with E-state index >= 15 is 0 Å². The quantitative estimate of drug-likeness (QED) is 0.468. The number of benzene rings is 2. The van der Waals surface area contributed by atoms with Gasteiger partial charge < -0.3 is 14.7 Å². The molecule has 0 amide bonds. The van der Waals surface area contributed by atoms with Gasteiger partial charge in [0, 0.05) is 11.6 Å². The molecule has 5 heteroatoms. The first-order valence-electron chi connectivity index (χ1n) is 7.26. The number of phenols is 2. The van der Waals surface area contributed by atoms with Crippen molar-refractivity contribution in [3.05, 3.63) is 65.5 Å². The van der Waals surface area contributed by atoms with Gasteiger partial charge in [0.15, 0.2) is 0 Å². The second-order valence-corrected chi connectivity index (χ2v) is 7.46. The van der Waals surface area contributed by atoms with Gasteiger partial charge in [0.2, 0.25) is 0 Å². The molecule has 0 spiro atoms. The van der Waals surface area contributed by atoms with Crippen LogP contribution in [-0.4, -0.2) is 10.2 Å². The van der Waals surface area contributed by atoms with E-state index in [1.54, 1.807) is 18.2 Å². The summed E-state index contributed by atoms with van der Waals surface area (Å²) in [5, 5.41) is 20.3. The number of phenolic OH excluding ortho intramolecular Hbond substituents is 2. The zero-order valence-electron chi connectivity index (χ0n) is 12.9. The molecule has 1 heterocycles. The highest BCUT2D eigenvalue weighted by molar-refractivity contribution is 7.72. The van der Waals surface area contributed by atoms with Crippen LogP contribution in [0.25, 0.3) is 5.57 Å². The van der Waals surface area contributed by atoms with Crippen LogP contribution in [-0.2, 0) is 4.57 Å². The SMILES string of the molecule is C#C/C=C1\C(=C/C)c2ccccc2OP1(=O)c1cc(O)ccc1O. The Morgan fingerprint density at radius 1 is 1.21 bits per heavy atom. The van der Waals surface area contributed by atoms with E-state index < -0.39 is 7.37 Å². The van der Waals surface area contributed by atoms with E-state index in [1.807, 2.05) is 19.1 Å². The lowest BCUT2D eigenvalue weighted by molar-refractivity contribution is 0.458. The summed E-state index contributed by atoms with van der Waals surface area (Å²) in [6.07, 6.45) is 8.61. The smallest absolute Gasteiger partial charge is 0.311 e. The Labute approximate surface area is 140 Å². The maximum atomic E-state index is 13.8. The van der Waals surface area contributed by atoms with Gasteiger partial charge >= 0.3 is 7.37 Å². The first-order valence-corrected chi connectivity index (χ1v) is 8.89. The van der Waals surface area contributed by atoms with Crippen LogP contribution in [0.4, 0.5) is 0 Å². The molecule has 2 aromatic rings. The van der Waals surface area contributed by atoms with Crippen LogP contribution >= 0.6 is 7.37 Å². The summed E-state index contributed by atoms with van der Waals surface area (Å²) in [5.41, 5.74) is 1.45. The molecule has 24 heavy (non-hydrogen) atoms. The van der Waals surface area contributed by atoms with Gasteiger partial charge in [0.1, 0.15) is 17.2 Å². The van der Waals surface area contributed by atoms with Crippen LogP contribution < -0.4 is 9.83 Å². The lowest BCUT2D eigenvalue weighted by Gasteiger charge is -2.30. The summed E-state index contributed by atoms with van der Waals surface area (Å²) in [7, 11) is -3.72. The van der Waals surface area contributed by atoms with Crippen molar-refractivity contribution in [2.24, 2.45) is 0 Å². The normalized spacial score (nSPS) is 22.7. The van der Waals surface area contributed by atoms with Crippen molar-refractivity contribution in [1.29, 1.82) is 0 Å². The van der Waals surface area contributed by atoms with Gasteiger partial charge in [-0.2, -0.15) is 0 Å². The van der Waals surface area contributed by atoms with Gasteiger partial charge in [0.25, 0.3) is 0 Å². The molecule has 0 saturated heterocycles. The molecule has 0 fully saturated rings. The molecular weight excluding hydrogens is 323 g/mol. The summed E-state index contributed by atoms with van der Waals surface area (Å²) in [4.78, 5) is 0. The second-order valence-electron chi connectivity index (χ2n) is 5.21. The van der Waals surface area contributed by atoms with Gasteiger partial charge in [-0.15, -0.1) is 6.42 Å². The molecule has 1 aliphatic heterocycles. The van der Waals surface area contributed by atoms with E-state index in [2.05, 4.69) is 5.92 Å². The molecule has 2 N–H and O–H groups in total. The van der Waals surface area contributed by atoms with E-state index in [1.165, 1.54) is 24.3 Å². The van der Waals surface area contributed by atoms with Crippen LogP contribution in [0.15, 0.2) is 59.9 Å². The Kier molecular flexibility index (Phi) is 3.97. The average Bonchev–Trinajstić information content (AvgIpc) is 2.58. The van der Waals surface area contributed by atoms with Gasteiger partial charge in [-0.25, -0.2) is 0 Å². The monoisotopic (exact) mass is 338 g/mol. The summed E-state index contributed by atoms with van der Waals surface area (Å²) in [6.45, 7) is 1.81. The second kappa shape index (κ2) is 5.96. The zero-order valence-corrected chi connectivity index (χ0v) is 13.8. The minimum absolute atomic E-state index is 0.0119. The number of allylic oxidation sites excluding steroid dienone is 4. The van der Waals surface area contributed by atoms with Crippen LogP contribution in [0.1, 0.15) is 12.5 Å². The predicted molar refractivity (Wildman–Crippen MR) is 94.6 cm³/mol. The average molecular weight is 338 g/mol. The van der Waals surface area contributed by atoms with E-state index in [-0.39, 0.29) is 16.8 Å². The fourth-order valence-corrected chi connectivity index (χ4v) is 5.11. The molecule has 1 unspecified atom stereocenters. The largest absolute Gasteiger partial charge is 0.508 e. The van der Waals surface area contributed by atoms with Gasteiger partial charge in [-0.3, -0.25) is 4.57 Å². The van der Waals surface area contributed by atoms with E-state index in [0.717, 1.165) is 5.56 Å². The number of aromatic hydroxyl groups is 2. The summed E-state index contributed by atoms with van der Waals surface area (Å²) in [5.74, 6) is 2.48. The Morgan fingerprint density at radius 2 is 1.96 bits per heavy atom. The lowest BCUT2D eigenvalue weighted by atomic mass is 10.0. The third-order valence-electron chi connectivity index (χ3n) is 3.78. The zero-order chi connectivity index (χ0) is 17.3. The summed E-state index contributed by atoms with van der Waals surface area (Å²) < 4.78 is 19.6. The fourth-order valence-electron chi connectivity index (χ4n) is 2.72. The van der Waals surface area contributed by atoms with Crippen molar-refractivity contribution in [3.63, 3.8) is 0 Å². The molecule has 1 atom stereocenters. The van der Waals surface area contributed by atoms with Crippen molar-refractivity contribution in [1.82, 2.24) is 0 Å². The number of terminal acetylenes is 1. The van der Waals surface area contributed by atoms with E-state index in [0.29, 0.717) is 16.6 Å². The first kappa shape index (κ1) is 16.0. The van der Waals surface area contributed by atoms with E-state index in [9.17, 15) is 14.8 Å². The Bertz CT molecular complexity index is 964. The maximum Gasteiger partial charge on any atom is 0.311 e. The van der Waals surface area contributed by atoms with Crippen LogP contribution in [0.5, 0.6) is 17.2 Å². The Balaban J connectivity index is 2.35. The number of hydrogen-bond acceptors (Lipinski definition) is 4. The number of para-hydroxylation sites is 1. The summed E-state index contributed by atoms with van der Waals surface area (Å²) in [6, 6.07) is 11.0. The Hall–Kier alpha value is -2.89. The van der Waals surface area contributed by atoms with Crippen molar-refractivity contribution >= 4 is 18.2 Å². The van der Waals surface area contributed by atoms with Crippen LogP contribution in [0, 0.1) is 12.3 Å². The number of fused-ring (bicyclic) bond motifs is 1. The highest BCUT2D eigenvalue weighted by Gasteiger charge is 2.42. The number of rotatable bonds is 1. The molecule has 0 aromatic heterocycles. The van der Waals surface area contributed by atoms with Gasteiger partial charge in [-0.05, 0) is 36.8 Å². The lowest BCUT2D eigenvalue weighted by Crippen LogP contribution is -2.17. The molecule has 0 saturated carbocycles. The maximum absolute atomic E-state index is 13.8. The first-order chi connectivity index (χ1) is 11.5.